The van der Waals surface area contributed by atoms with Gasteiger partial charge >= 0.3 is 6.03 Å². The second-order valence-electron chi connectivity index (χ2n) is 5.15. The van der Waals surface area contributed by atoms with Gasteiger partial charge in [-0.05, 0) is 35.9 Å². The normalized spacial score (nSPS) is 10.3. The zero-order chi connectivity index (χ0) is 17.6. The standard InChI is InChI=1S/C18H14F2N4O/c19-14-4-1-5-15(20)17(14)24-18(25)23-11-13-3-2-8-22-16(13)12-6-9-21-10-7-12/h1-10H,11H2,(H2,23,24,25). The molecule has 0 aliphatic carbocycles. The number of rotatable bonds is 4. The number of amides is 2. The highest BCUT2D eigenvalue weighted by Gasteiger charge is 2.12. The number of nitrogens with one attached hydrogen (secondary N) is 2. The number of halogens is 2. The molecule has 0 saturated carbocycles. The van der Waals surface area contributed by atoms with Crippen LogP contribution in [0.15, 0.2) is 61.1 Å². The SMILES string of the molecule is O=C(NCc1cccnc1-c1ccncc1)Nc1c(F)cccc1F. The van der Waals surface area contributed by atoms with Gasteiger partial charge in [0.15, 0.2) is 0 Å². The largest absolute Gasteiger partial charge is 0.334 e. The van der Waals surface area contributed by atoms with E-state index in [4.69, 9.17) is 0 Å². The van der Waals surface area contributed by atoms with E-state index < -0.39 is 23.4 Å². The zero-order valence-electron chi connectivity index (χ0n) is 13.0. The molecule has 3 aromatic rings. The maximum absolute atomic E-state index is 13.6. The van der Waals surface area contributed by atoms with E-state index in [1.807, 2.05) is 6.07 Å². The predicted octanol–water partition coefficient (Wildman–Crippen LogP) is 3.74. The molecule has 3 rings (SSSR count). The first-order chi connectivity index (χ1) is 12.1. The van der Waals surface area contributed by atoms with Crippen molar-refractivity contribution >= 4 is 11.7 Å². The van der Waals surface area contributed by atoms with Crippen LogP contribution >= 0.6 is 0 Å². The van der Waals surface area contributed by atoms with Crippen molar-refractivity contribution in [3.05, 3.63) is 78.3 Å². The Morgan fingerprint density at radius 1 is 0.960 bits per heavy atom. The zero-order valence-corrected chi connectivity index (χ0v) is 13.0. The number of carbonyl (C=O) groups excluding carboxylic acids is 1. The summed E-state index contributed by atoms with van der Waals surface area (Å²) in [4.78, 5) is 20.2. The fraction of sp³-hybridized carbons (Fsp3) is 0.0556. The van der Waals surface area contributed by atoms with E-state index in [1.165, 1.54) is 6.07 Å². The minimum Gasteiger partial charge on any atom is -0.334 e. The molecule has 126 valence electrons. The summed E-state index contributed by atoms with van der Waals surface area (Å²) in [5.41, 5.74) is 1.83. The van der Waals surface area contributed by atoms with Crippen molar-refractivity contribution in [2.24, 2.45) is 0 Å². The molecule has 0 unspecified atom stereocenters. The molecule has 2 amide bonds. The molecular formula is C18H14F2N4O. The van der Waals surface area contributed by atoms with Gasteiger partial charge in [-0.3, -0.25) is 9.97 Å². The molecule has 0 saturated heterocycles. The van der Waals surface area contributed by atoms with Gasteiger partial charge in [-0.25, -0.2) is 13.6 Å². The number of para-hydroxylation sites is 1. The Morgan fingerprint density at radius 3 is 2.40 bits per heavy atom. The van der Waals surface area contributed by atoms with Crippen LogP contribution in [0.25, 0.3) is 11.3 Å². The number of urea groups is 1. The van der Waals surface area contributed by atoms with E-state index in [2.05, 4.69) is 20.6 Å². The molecule has 0 bridgehead atoms. The molecule has 0 radical (unpaired) electrons. The first-order valence-electron chi connectivity index (χ1n) is 7.48. The lowest BCUT2D eigenvalue weighted by Gasteiger charge is -2.11. The molecule has 0 aliphatic heterocycles. The van der Waals surface area contributed by atoms with Gasteiger partial charge in [-0.1, -0.05) is 12.1 Å². The summed E-state index contributed by atoms with van der Waals surface area (Å²) < 4.78 is 27.1. The van der Waals surface area contributed by atoms with Crippen molar-refractivity contribution in [1.82, 2.24) is 15.3 Å². The van der Waals surface area contributed by atoms with Crippen molar-refractivity contribution in [3.63, 3.8) is 0 Å². The Kier molecular flexibility index (Phi) is 4.94. The van der Waals surface area contributed by atoms with E-state index in [0.717, 1.165) is 23.3 Å². The van der Waals surface area contributed by atoms with Crippen molar-refractivity contribution in [2.75, 3.05) is 5.32 Å². The Balaban J connectivity index is 1.71. The molecule has 2 heterocycles. The summed E-state index contributed by atoms with van der Waals surface area (Å²) >= 11 is 0. The molecule has 0 spiro atoms. The highest BCUT2D eigenvalue weighted by molar-refractivity contribution is 5.89. The summed E-state index contributed by atoms with van der Waals surface area (Å²) in [6.07, 6.45) is 4.94. The van der Waals surface area contributed by atoms with Gasteiger partial charge in [-0.2, -0.15) is 0 Å². The van der Waals surface area contributed by atoms with Gasteiger partial charge in [0.1, 0.15) is 17.3 Å². The summed E-state index contributed by atoms with van der Waals surface area (Å²) in [6, 6.07) is 9.82. The lowest BCUT2D eigenvalue weighted by molar-refractivity contribution is 0.251. The van der Waals surface area contributed by atoms with Crippen molar-refractivity contribution in [1.29, 1.82) is 0 Å². The molecule has 2 N–H and O–H groups in total. The van der Waals surface area contributed by atoms with E-state index in [1.54, 1.807) is 36.8 Å². The Bertz CT molecular complexity index is 867. The quantitative estimate of drug-likeness (QED) is 0.760. The third kappa shape index (κ3) is 3.95. The number of pyridine rings is 2. The van der Waals surface area contributed by atoms with Gasteiger partial charge in [0.05, 0.1) is 5.69 Å². The van der Waals surface area contributed by atoms with Crippen LogP contribution in [0.5, 0.6) is 0 Å². The fourth-order valence-electron chi connectivity index (χ4n) is 2.30. The maximum Gasteiger partial charge on any atom is 0.319 e. The van der Waals surface area contributed by atoms with Crippen molar-refractivity contribution in [2.45, 2.75) is 6.54 Å². The Hall–Kier alpha value is -3.35. The number of aromatic nitrogens is 2. The molecule has 7 heteroatoms. The van der Waals surface area contributed by atoms with Crippen LogP contribution in [-0.4, -0.2) is 16.0 Å². The van der Waals surface area contributed by atoms with Crippen molar-refractivity contribution in [3.8, 4) is 11.3 Å². The first kappa shape index (κ1) is 16.5. The van der Waals surface area contributed by atoms with Gasteiger partial charge in [0.25, 0.3) is 0 Å². The minimum absolute atomic E-state index is 0.146. The molecular weight excluding hydrogens is 326 g/mol. The highest BCUT2D eigenvalue weighted by Crippen LogP contribution is 2.20. The second kappa shape index (κ2) is 7.48. The number of carbonyl (C=O) groups is 1. The van der Waals surface area contributed by atoms with Gasteiger partial charge in [-0.15, -0.1) is 0 Å². The third-order valence-corrected chi connectivity index (χ3v) is 3.49. The molecule has 5 nitrogen and oxygen atoms in total. The van der Waals surface area contributed by atoms with E-state index in [-0.39, 0.29) is 6.54 Å². The summed E-state index contributed by atoms with van der Waals surface area (Å²) in [5.74, 6) is -1.68. The van der Waals surface area contributed by atoms with Gasteiger partial charge in [0, 0.05) is 30.7 Å². The smallest absolute Gasteiger partial charge is 0.319 e. The topological polar surface area (TPSA) is 66.9 Å². The van der Waals surface area contributed by atoms with Crippen LogP contribution in [0.3, 0.4) is 0 Å². The Morgan fingerprint density at radius 2 is 1.68 bits per heavy atom. The van der Waals surface area contributed by atoms with Gasteiger partial charge in [0.2, 0.25) is 0 Å². The van der Waals surface area contributed by atoms with Crippen LogP contribution in [-0.2, 0) is 6.54 Å². The van der Waals surface area contributed by atoms with Crippen molar-refractivity contribution < 1.29 is 13.6 Å². The number of hydrogen-bond donors (Lipinski definition) is 2. The summed E-state index contributed by atoms with van der Waals surface area (Å²) in [5, 5.41) is 4.75. The van der Waals surface area contributed by atoms with Crippen LogP contribution in [0, 0.1) is 11.6 Å². The molecule has 0 fully saturated rings. The number of hydrogen-bond acceptors (Lipinski definition) is 3. The average Bonchev–Trinajstić information content (AvgIpc) is 2.64. The monoisotopic (exact) mass is 340 g/mol. The summed E-state index contributed by atoms with van der Waals surface area (Å²) in [7, 11) is 0. The highest BCUT2D eigenvalue weighted by atomic mass is 19.1. The average molecular weight is 340 g/mol. The lowest BCUT2D eigenvalue weighted by atomic mass is 10.1. The fourth-order valence-corrected chi connectivity index (χ4v) is 2.30. The van der Waals surface area contributed by atoms with Crippen LogP contribution in [0.4, 0.5) is 19.3 Å². The van der Waals surface area contributed by atoms with E-state index in [9.17, 15) is 13.6 Å². The maximum atomic E-state index is 13.6. The number of nitrogens with zero attached hydrogens (tertiary/aromatic N) is 2. The van der Waals surface area contributed by atoms with E-state index in [0.29, 0.717) is 5.69 Å². The van der Waals surface area contributed by atoms with Gasteiger partial charge < -0.3 is 10.6 Å². The Labute approximate surface area is 142 Å². The van der Waals surface area contributed by atoms with E-state index >= 15 is 0 Å². The number of benzene rings is 1. The minimum atomic E-state index is -0.839. The van der Waals surface area contributed by atoms with Crippen LogP contribution in [0.1, 0.15) is 5.56 Å². The summed E-state index contributed by atoms with van der Waals surface area (Å²) in [6.45, 7) is 0.146. The molecule has 2 aromatic heterocycles. The molecule has 25 heavy (non-hydrogen) atoms. The second-order valence-corrected chi connectivity index (χ2v) is 5.15. The first-order valence-corrected chi connectivity index (χ1v) is 7.48. The number of anilines is 1. The predicted molar refractivity (Wildman–Crippen MR) is 89.7 cm³/mol. The molecule has 0 atom stereocenters. The molecule has 1 aromatic carbocycles. The molecule has 0 aliphatic rings. The third-order valence-electron chi connectivity index (χ3n) is 3.49. The van der Waals surface area contributed by atoms with Crippen LogP contribution in [0.2, 0.25) is 0 Å². The van der Waals surface area contributed by atoms with Crippen LogP contribution < -0.4 is 10.6 Å². The lowest BCUT2D eigenvalue weighted by Crippen LogP contribution is -2.29.